The Hall–Kier alpha value is -1.20. The highest BCUT2D eigenvalue weighted by molar-refractivity contribution is 7.91. The SMILES string of the molecule is O=C(CC1OCCc2ccccc21)C1CCS(=O)(=O)C1. The minimum absolute atomic E-state index is 0.0141. The molecule has 2 atom stereocenters. The summed E-state index contributed by atoms with van der Waals surface area (Å²) in [4.78, 5) is 12.3. The number of benzene rings is 1. The monoisotopic (exact) mass is 294 g/mol. The molecule has 1 fully saturated rings. The predicted molar refractivity (Wildman–Crippen MR) is 75.2 cm³/mol. The lowest BCUT2D eigenvalue weighted by Crippen LogP contribution is -2.23. The molecule has 20 heavy (non-hydrogen) atoms. The molecule has 2 unspecified atom stereocenters. The van der Waals surface area contributed by atoms with Gasteiger partial charge < -0.3 is 4.74 Å². The van der Waals surface area contributed by atoms with E-state index >= 15 is 0 Å². The Bertz CT molecular complexity index is 621. The maximum atomic E-state index is 12.3. The van der Waals surface area contributed by atoms with E-state index in [1.165, 1.54) is 5.56 Å². The fraction of sp³-hybridized carbons (Fsp3) is 0.533. The first-order valence-corrected chi connectivity index (χ1v) is 8.80. The van der Waals surface area contributed by atoms with Crippen molar-refractivity contribution in [1.29, 1.82) is 0 Å². The number of Topliss-reactive ketones (excluding diaryl/α,β-unsaturated/α-hetero) is 1. The van der Waals surface area contributed by atoms with Crippen molar-refractivity contribution in [3.63, 3.8) is 0 Å². The van der Waals surface area contributed by atoms with Crippen LogP contribution in [0.3, 0.4) is 0 Å². The molecule has 1 aromatic rings. The lowest BCUT2D eigenvalue weighted by molar-refractivity contribution is -0.125. The van der Waals surface area contributed by atoms with Gasteiger partial charge in [-0.2, -0.15) is 0 Å². The van der Waals surface area contributed by atoms with Gasteiger partial charge in [-0.3, -0.25) is 4.79 Å². The molecule has 0 radical (unpaired) electrons. The summed E-state index contributed by atoms with van der Waals surface area (Å²) < 4.78 is 28.6. The molecule has 0 amide bonds. The molecule has 2 heterocycles. The molecule has 1 aromatic carbocycles. The van der Waals surface area contributed by atoms with Crippen LogP contribution in [-0.2, 0) is 25.8 Å². The topological polar surface area (TPSA) is 60.4 Å². The molecule has 4 nitrogen and oxygen atoms in total. The van der Waals surface area contributed by atoms with E-state index in [-0.39, 0.29) is 35.7 Å². The molecule has 2 aliphatic rings. The summed E-state index contributed by atoms with van der Waals surface area (Å²) in [6.45, 7) is 0.623. The van der Waals surface area contributed by atoms with E-state index in [9.17, 15) is 13.2 Å². The first-order valence-electron chi connectivity index (χ1n) is 6.98. The van der Waals surface area contributed by atoms with Crippen LogP contribution in [-0.4, -0.2) is 32.3 Å². The molecule has 0 saturated carbocycles. The summed E-state index contributed by atoms with van der Waals surface area (Å²) >= 11 is 0. The number of carbonyl (C=O) groups is 1. The van der Waals surface area contributed by atoms with Crippen molar-refractivity contribution in [3.05, 3.63) is 35.4 Å². The van der Waals surface area contributed by atoms with E-state index in [0.717, 1.165) is 12.0 Å². The molecular formula is C15H18O4S. The Morgan fingerprint density at radius 1 is 1.30 bits per heavy atom. The maximum Gasteiger partial charge on any atom is 0.151 e. The van der Waals surface area contributed by atoms with Crippen LogP contribution in [0.5, 0.6) is 0 Å². The van der Waals surface area contributed by atoms with Crippen molar-refractivity contribution in [3.8, 4) is 0 Å². The van der Waals surface area contributed by atoms with Gasteiger partial charge in [-0.15, -0.1) is 0 Å². The van der Waals surface area contributed by atoms with Gasteiger partial charge in [0.05, 0.1) is 24.2 Å². The largest absolute Gasteiger partial charge is 0.373 e. The molecule has 0 spiro atoms. The lowest BCUT2D eigenvalue weighted by Gasteiger charge is -2.26. The molecular weight excluding hydrogens is 276 g/mol. The second-order valence-corrected chi connectivity index (χ2v) is 7.81. The van der Waals surface area contributed by atoms with Gasteiger partial charge in [-0.1, -0.05) is 24.3 Å². The van der Waals surface area contributed by atoms with Gasteiger partial charge in [0, 0.05) is 12.3 Å². The van der Waals surface area contributed by atoms with E-state index in [1.54, 1.807) is 0 Å². The normalized spacial score (nSPS) is 28.0. The van der Waals surface area contributed by atoms with Crippen LogP contribution in [0, 0.1) is 5.92 Å². The number of sulfone groups is 1. The molecule has 0 bridgehead atoms. The van der Waals surface area contributed by atoms with Gasteiger partial charge in [-0.25, -0.2) is 8.42 Å². The zero-order valence-electron chi connectivity index (χ0n) is 11.2. The minimum Gasteiger partial charge on any atom is -0.373 e. The van der Waals surface area contributed by atoms with Crippen LogP contribution >= 0.6 is 0 Å². The van der Waals surface area contributed by atoms with Crippen LogP contribution in [0.1, 0.15) is 30.1 Å². The zero-order valence-corrected chi connectivity index (χ0v) is 12.1. The van der Waals surface area contributed by atoms with Crippen molar-refractivity contribution in [1.82, 2.24) is 0 Å². The smallest absolute Gasteiger partial charge is 0.151 e. The number of carbonyl (C=O) groups excluding carboxylic acids is 1. The third-order valence-corrected chi connectivity index (χ3v) is 5.93. The van der Waals surface area contributed by atoms with Crippen molar-refractivity contribution < 1.29 is 17.9 Å². The van der Waals surface area contributed by atoms with Crippen molar-refractivity contribution in [2.75, 3.05) is 18.1 Å². The fourth-order valence-corrected chi connectivity index (χ4v) is 4.82. The Balaban J connectivity index is 1.72. The third-order valence-electron chi connectivity index (χ3n) is 4.17. The summed E-state index contributed by atoms with van der Waals surface area (Å²) in [5.41, 5.74) is 2.31. The average molecular weight is 294 g/mol. The van der Waals surface area contributed by atoms with Crippen molar-refractivity contribution in [2.45, 2.75) is 25.4 Å². The highest BCUT2D eigenvalue weighted by atomic mass is 32.2. The van der Waals surface area contributed by atoms with E-state index < -0.39 is 9.84 Å². The van der Waals surface area contributed by atoms with E-state index in [4.69, 9.17) is 4.74 Å². The highest BCUT2D eigenvalue weighted by Crippen LogP contribution is 2.32. The standard InChI is InChI=1S/C15H18O4S/c16-14(12-6-8-20(17,18)10-12)9-15-13-4-2-1-3-11(13)5-7-19-15/h1-4,12,15H,5-10H2. The Morgan fingerprint density at radius 2 is 2.10 bits per heavy atom. The van der Waals surface area contributed by atoms with Gasteiger partial charge in [-0.05, 0) is 24.0 Å². The number of rotatable bonds is 3. The van der Waals surface area contributed by atoms with Gasteiger partial charge in [0.15, 0.2) is 9.84 Å². The maximum absolute atomic E-state index is 12.3. The van der Waals surface area contributed by atoms with E-state index in [0.29, 0.717) is 13.0 Å². The van der Waals surface area contributed by atoms with E-state index in [1.807, 2.05) is 18.2 Å². The molecule has 0 aromatic heterocycles. The first kappa shape index (κ1) is 13.8. The van der Waals surface area contributed by atoms with Gasteiger partial charge >= 0.3 is 0 Å². The third kappa shape index (κ3) is 2.79. The summed E-state index contributed by atoms with van der Waals surface area (Å²) in [6, 6.07) is 8.00. The summed E-state index contributed by atoms with van der Waals surface area (Å²) in [7, 11) is -3.00. The second kappa shape index (κ2) is 5.30. The molecule has 0 aliphatic carbocycles. The summed E-state index contributed by atoms with van der Waals surface area (Å²) in [6.07, 6.45) is 1.42. The van der Waals surface area contributed by atoms with Crippen LogP contribution in [0.4, 0.5) is 0 Å². The molecule has 5 heteroatoms. The first-order chi connectivity index (χ1) is 9.55. The van der Waals surface area contributed by atoms with Crippen LogP contribution < -0.4 is 0 Å². The van der Waals surface area contributed by atoms with Crippen molar-refractivity contribution >= 4 is 15.6 Å². The van der Waals surface area contributed by atoms with Gasteiger partial charge in [0.2, 0.25) is 0 Å². The second-order valence-electron chi connectivity index (χ2n) is 5.58. The number of ether oxygens (including phenoxy) is 1. The van der Waals surface area contributed by atoms with Crippen LogP contribution in [0.15, 0.2) is 24.3 Å². The predicted octanol–water partition coefficient (Wildman–Crippen LogP) is 1.69. The number of fused-ring (bicyclic) bond motifs is 1. The average Bonchev–Trinajstić information content (AvgIpc) is 2.80. The van der Waals surface area contributed by atoms with Crippen LogP contribution in [0.2, 0.25) is 0 Å². The summed E-state index contributed by atoms with van der Waals surface area (Å²) in [5.74, 6) is -0.156. The molecule has 108 valence electrons. The fourth-order valence-electron chi connectivity index (χ4n) is 3.04. The quantitative estimate of drug-likeness (QED) is 0.851. The molecule has 3 rings (SSSR count). The number of hydrogen-bond acceptors (Lipinski definition) is 4. The van der Waals surface area contributed by atoms with Gasteiger partial charge in [0.25, 0.3) is 0 Å². The molecule has 0 N–H and O–H groups in total. The number of ketones is 1. The molecule has 1 saturated heterocycles. The van der Waals surface area contributed by atoms with Crippen LogP contribution in [0.25, 0.3) is 0 Å². The number of hydrogen-bond donors (Lipinski definition) is 0. The Kier molecular flexibility index (Phi) is 3.65. The van der Waals surface area contributed by atoms with Gasteiger partial charge in [0.1, 0.15) is 5.78 Å². The lowest BCUT2D eigenvalue weighted by atomic mass is 9.91. The Labute approximate surface area is 119 Å². The highest BCUT2D eigenvalue weighted by Gasteiger charge is 2.34. The zero-order chi connectivity index (χ0) is 14.2. The Morgan fingerprint density at radius 3 is 2.85 bits per heavy atom. The van der Waals surface area contributed by atoms with E-state index in [2.05, 4.69) is 6.07 Å². The van der Waals surface area contributed by atoms with Crippen molar-refractivity contribution in [2.24, 2.45) is 5.92 Å². The minimum atomic E-state index is -3.00. The molecule has 2 aliphatic heterocycles. The summed E-state index contributed by atoms with van der Waals surface area (Å²) in [5, 5.41) is 0.